The maximum Gasteiger partial charge on any atom is 0.194 e. The average molecular weight is 308 g/mol. The van der Waals surface area contributed by atoms with Crippen molar-refractivity contribution in [3.8, 4) is 22.5 Å². The molecule has 0 unspecified atom stereocenters. The van der Waals surface area contributed by atoms with Gasteiger partial charge in [-0.25, -0.2) is 9.37 Å². The van der Waals surface area contributed by atoms with Crippen LogP contribution in [0.4, 0.5) is 4.39 Å². The van der Waals surface area contributed by atoms with Crippen LogP contribution in [-0.4, -0.2) is 19.9 Å². The number of nitrogens with zero attached hydrogens (tertiary/aromatic N) is 4. The van der Waals surface area contributed by atoms with Crippen molar-refractivity contribution in [1.82, 2.24) is 19.9 Å². The van der Waals surface area contributed by atoms with Crippen molar-refractivity contribution in [3.05, 3.63) is 54.1 Å². The maximum absolute atomic E-state index is 13.2. The SMILES string of the molecule is Cc1noc2c(-c3ccnn3C)cc(-c3ccc(F)cc3)nc12. The van der Waals surface area contributed by atoms with Gasteiger partial charge in [0.2, 0.25) is 0 Å². The highest BCUT2D eigenvalue weighted by molar-refractivity contribution is 5.92. The highest BCUT2D eigenvalue weighted by Gasteiger charge is 2.17. The highest BCUT2D eigenvalue weighted by atomic mass is 19.1. The van der Waals surface area contributed by atoms with Gasteiger partial charge < -0.3 is 4.52 Å². The van der Waals surface area contributed by atoms with E-state index in [9.17, 15) is 4.39 Å². The van der Waals surface area contributed by atoms with Crippen LogP contribution >= 0.6 is 0 Å². The molecule has 0 bridgehead atoms. The van der Waals surface area contributed by atoms with Gasteiger partial charge in [-0.1, -0.05) is 5.16 Å². The highest BCUT2D eigenvalue weighted by Crippen LogP contribution is 2.32. The summed E-state index contributed by atoms with van der Waals surface area (Å²) in [5.41, 5.74) is 5.36. The van der Waals surface area contributed by atoms with E-state index in [-0.39, 0.29) is 5.82 Å². The fraction of sp³-hybridized carbons (Fsp3) is 0.118. The Bertz CT molecular complexity index is 1000. The van der Waals surface area contributed by atoms with E-state index in [2.05, 4.69) is 15.2 Å². The number of benzene rings is 1. The zero-order chi connectivity index (χ0) is 16.0. The van der Waals surface area contributed by atoms with Crippen LogP contribution in [0.2, 0.25) is 0 Å². The van der Waals surface area contributed by atoms with Crippen molar-refractivity contribution in [2.45, 2.75) is 6.92 Å². The van der Waals surface area contributed by atoms with E-state index in [0.29, 0.717) is 16.8 Å². The smallest absolute Gasteiger partial charge is 0.194 e. The number of rotatable bonds is 2. The summed E-state index contributed by atoms with van der Waals surface area (Å²) in [4.78, 5) is 4.63. The first-order valence-electron chi connectivity index (χ1n) is 7.15. The van der Waals surface area contributed by atoms with Gasteiger partial charge in [0.25, 0.3) is 0 Å². The van der Waals surface area contributed by atoms with Gasteiger partial charge in [-0.3, -0.25) is 4.68 Å². The van der Waals surface area contributed by atoms with E-state index in [1.54, 1.807) is 23.0 Å². The Morgan fingerprint density at radius 1 is 1.13 bits per heavy atom. The first-order chi connectivity index (χ1) is 11.1. The molecule has 1 aromatic carbocycles. The molecule has 0 amide bonds. The minimum Gasteiger partial charge on any atom is -0.354 e. The molecular weight excluding hydrogens is 295 g/mol. The fourth-order valence-electron chi connectivity index (χ4n) is 2.63. The molecule has 3 heterocycles. The summed E-state index contributed by atoms with van der Waals surface area (Å²) < 4.78 is 20.4. The van der Waals surface area contributed by atoms with Crippen LogP contribution in [0.5, 0.6) is 0 Å². The molecule has 4 aromatic rings. The van der Waals surface area contributed by atoms with Crippen LogP contribution in [0.15, 0.2) is 47.1 Å². The van der Waals surface area contributed by atoms with Crippen molar-refractivity contribution in [2.75, 3.05) is 0 Å². The molecule has 4 rings (SSSR count). The normalized spacial score (nSPS) is 11.3. The topological polar surface area (TPSA) is 56.7 Å². The summed E-state index contributed by atoms with van der Waals surface area (Å²) in [6.07, 6.45) is 1.72. The van der Waals surface area contributed by atoms with E-state index in [1.165, 1.54) is 12.1 Å². The summed E-state index contributed by atoms with van der Waals surface area (Å²) in [5, 5.41) is 8.22. The molecule has 0 N–H and O–H groups in total. The number of hydrogen-bond donors (Lipinski definition) is 0. The first-order valence-corrected chi connectivity index (χ1v) is 7.15. The second-order valence-electron chi connectivity index (χ2n) is 5.35. The molecule has 0 radical (unpaired) electrons. The van der Waals surface area contributed by atoms with Gasteiger partial charge in [-0.15, -0.1) is 0 Å². The number of fused-ring (bicyclic) bond motifs is 1. The number of pyridine rings is 1. The maximum atomic E-state index is 13.2. The van der Waals surface area contributed by atoms with Gasteiger partial charge in [0.1, 0.15) is 17.0 Å². The first kappa shape index (κ1) is 13.6. The van der Waals surface area contributed by atoms with Crippen LogP contribution in [0.25, 0.3) is 33.6 Å². The predicted octanol–water partition coefficient (Wildman–Crippen LogP) is 3.74. The summed E-state index contributed by atoms with van der Waals surface area (Å²) >= 11 is 0. The Hall–Kier alpha value is -3.02. The predicted molar refractivity (Wildman–Crippen MR) is 84.1 cm³/mol. The number of aromatic nitrogens is 4. The summed E-state index contributed by atoms with van der Waals surface area (Å²) in [6, 6.07) is 10.1. The Morgan fingerprint density at radius 2 is 1.91 bits per heavy atom. The lowest BCUT2D eigenvalue weighted by Gasteiger charge is -2.07. The number of halogens is 1. The standard InChI is InChI=1S/C17H13FN4O/c1-10-16-17(23-21-10)13(15-7-8-19-22(15)2)9-14(20-16)11-3-5-12(18)6-4-11/h3-9H,1-2H3. The Morgan fingerprint density at radius 3 is 2.61 bits per heavy atom. The zero-order valence-electron chi connectivity index (χ0n) is 12.6. The average Bonchev–Trinajstić information content (AvgIpc) is 3.14. The quantitative estimate of drug-likeness (QED) is 0.566. The third-order valence-electron chi connectivity index (χ3n) is 3.83. The zero-order valence-corrected chi connectivity index (χ0v) is 12.6. The van der Waals surface area contributed by atoms with Gasteiger partial charge in [-0.05, 0) is 43.3 Å². The van der Waals surface area contributed by atoms with Gasteiger partial charge in [0, 0.05) is 24.4 Å². The van der Waals surface area contributed by atoms with Gasteiger partial charge >= 0.3 is 0 Å². The monoisotopic (exact) mass is 308 g/mol. The lowest BCUT2D eigenvalue weighted by Crippen LogP contribution is -1.95. The minimum absolute atomic E-state index is 0.275. The molecule has 0 spiro atoms. The van der Waals surface area contributed by atoms with E-state index in [4.69, 9.17) is 4.52 Å². The molecule has 114 valence electrons. The van der Waals surface area contributed by atoms with Gasteiger partial charge in [0.15, 0.2) is 5.58 Å². The molecule has 0 fully saturated rings. The van der Waals surface area contributed by atoms with E-state index < -0.39 is 0 Å². The molecular formula is C17H13FN4O. The van der Waals surface area contributed by atoms with Crippen molar-refractivity contribution >= 4 is 11.1 Å². The minimum atomic E-state index is -0.275. The Kier molecular flexibility index (Phi) is 2.97. The third-order valence-corrected chi connectivity index (χ3v) is 3.83. The molecule has 23 heavy (non-hydrogen) atoms. The lowest BCUT2D eigenvalue weighted by molar-refractivity contribution is 0.451. The summed E-state index contributed by atoms with van der Waals surface area (Å²) in [7, 11) is 1.86. The largest absolute Gasteiger partial charge is 0.354 e. The Balaban J connectivity index is 2.02. The van der Waals surface area contributed by atoms with Crippen LogP contribution in [-0.2, 0) is 7.05 Å². The molecule has 0 saturated heterocycles. The molecule has 0 atom stereocenters. The van der Waals surface area contributed by atoms with Crippen molar-refractivity contribution < 1.29 is 8.91 Å². The third kappa shape index (κ3) is 2.19. The second-order valence-corrected chi connectivity index (χ2v) is 5.35. The fourth-order valence-corrected chi connectivity index (χ4v) is 2.63. The Labute approximate surface area is 131 Å². The molecule has 0 saturated carbocycles. The number of aryl methyl sites for hydroxylation is 2. The molecule has 0 aliphatic carbocycles. The van der Waals surface area contributed by atoms with Gasteiger partial charge in [-0.2, -0.15) is 5.10 Å². The van der Waals surface area contributed by atoms with Gasteiger partial charge in [0.05, 0.1) is 11.4 Å². The van der Waals surface area contributed by atoms with Crippen LogP contribution in [0, 0.1) is 12.7 Å². The molecule has 5 nitrogen and oxygen atoms in total. The van der Waals surface area contributed by atoms with Crippen molar-refractivity contribution in [1.29, 1.82) is 0 Å². The second kappa shape index (κ2) is 5.01. The lowest BCUT2D eigenvalue weighted by atomic mass is 10.1. The molecule has 6 heteroatoms. The molecule has 3 aromatic heterocycles. The molecule has 0 aliphatic rings. The van der Waals surface area contributed by atoms with E-state index in [0.717, 1.165) is 22.5 Å². The molecule has 0 aliphatic heterocycles. The van der Waals surface area contributed by atoms with Crippen LogP contribution in [0.1, 0.15) is 5.69 Å². The summed E-state index contributed by atoms with van der Waals surface area (Å²) in [5.74, 6) is -0.275. The van der Waals surface area contributed by atoms with Crippen molar-refractivity contribution in [3.63, 3.8) is 0 Å². The summed E-state index contributed by atoms with van der Waals surface area (Å²) in [6.45, 7) is 1.85. The van der Waals surface area contributed by atoms with E-state index in [1.807, 2.05) is 26.1 Å². The van der Waals surface area contributed by atoms with Crippen molar-refractivity contribution in [2.24, 2.45) is 7.05 Å². The van der Waals surface area contributed by atoms with E-state index >= 15 is 0 Å². The number of hydrogen-bond acceptors (Lipinski definition) is 4. The van der Waals surface area contributed by atoms with Crippen LogP contribution < -0.4 is 0 Å². The van der Waals surface area contributed by atoms with Crippen LogP contribution in [0.3, 0.4) is 0 Å².